The molecule has 1 rings (SSSR count). The molecule has 1 atom stereocenters. The number of hydrogen-bond donors (Lipinski definition) is 1. The van der Waals surface area contributed by atoms with Crippen LogP contribution >= 0.6 is 0 Å². The van der Waals surface area contributed by atoms with E-state index in [0.717, 1.165) is 11.3 Å². The van der Waals surface area contributed by atoms with Gasteiger partial charge in [-0.3, -0.25) is 9.89 Å². The molecule has 0 spiro atoms. The fourth-order valence-electron chi connectivity index (χ4n) is 0.936. The van der Waals surface area contributed by atoms with Gasteiger partial charge in [0.15, 0.2) is 0 Å². The molecule has 1 unspecified atom stereocenters. The van der Waals surface area contributed by atoms with E-state index in [-0.39, 0.29) is 6.10 Å². The monoisotopic (exact) mass is 154 g/mol. The highest BCUT2D eigenvalue weighted by Gasteiger charge is 2.09. The lowest BCUT2D eigenvalue weighted by atomic mass is 10.2. The molecule has 4 heteroatoms. The van der Waals surface area contributed by atoms with Crippen molar-refractivity contribution in [2.75, 3.05) is 0 Å². The van der Waals surface area contributed by atoms with Crippen LogP contribution in [0.15, 0.2) is 6.20 Å². The third-order valence-electron chi connectivity index (χ3n) is 1.57. The van der Waals surface area contributed by atoms with E-state index in [1.165, 1.54) is 0 Å². The smallest absolute Gasteiger partial charge is 0.293 e. The number of aromatic amines is 1. The molecule has 1 aromatic heterocycles. The summed E-state index contributed by atoms with van der Waals surface area (Å²) in [7, 11) is 0. The topological polar surface area (TPSA) is 55.0 Å². The van der Waals surface area contributed by atoms with Gasteiger partial charge in [0.2, 0.25) is 0 Å². The van der Waals surface area contributed by atoms with E-state index in [0.29, 0.717) is 6.47 Å². The first kappa shape index (κ1) is 7.78. The van der Waals surface area contributed by atoms with Crippen LogP contribution in [0.2, 0.25) is 0 Å². The van der Waals surface area contributed by atoms with Gasteiger partial charge in [0.05, 0.1) is 5.69 Å². The first-order valence-electron chi connectivity index (χ1n) is 3.35. The molecule has 0 amide bonds. The summed E-state index contributed by atoms with van der Waals surface area (Å²) < 4.78 is 4.73. The van der Waals surface area contributed by atoms with E-state index in [9.17, 15) is 4.79 Å². The molecular weight excluding hydrogens is 144 g/mol. The van der Waals surface area contributed by atoms with Gasteiger partial charge in [0.1, 0.15) is 6.10 Å². The number of nitrogens with one attached hydrogen (secondary N) is 1. The summed E-state index contributed by atoms with van der Waals surface area (Å²) in [5.41, 5.74) is 1.77. The lowest BCUT2D eigenvalue weighted by Gasteiger charge is -2.06. The van der Waals surface area contributed by atoms with Crippen LogP contribution in [0.5, 0.6) is 0 Å². The summed E-state index contributed by atoms with van der Waals surface area (Å²) in [6.07, 6.45) is 1.51. The summed E-state index contributed by atoms with van der Waals surface area (Å²) in [4.78, 5) is 9.97. The van der Waals surface area contributed by atoms with Gasteiger partial charge in [0.25, 0.3) is 6.47 Å². The van der Waals surface area contributed by atoms with Crippen molar-refractivity contribution in [3.63, 3.8) is 0 Å². The van der Waals surface area contributed by atoms with Gasteiger partial charge >= 0.3 is 0 Å². The zero-order valence-corrected chi connectivity index (χ0v) is 6.50. The third-order valence-corrected chi connectivity index (χ3v) is 1.57. The number of aryl methyl sites for hydroxylation is 1. The van der Waals surface area contributed by atoms with E-state index < -0.39 is 0 Å². The second-order valence-electron chi connectivity index (χ2n) is 2.30. The summed E-state index contributed by atoms with van der Waals surface area (Å²) in [6.45, 7) is 4.10. The van der Waals surface area contributed by atoms with Crippen molar-refractivity contribution in [2.45, 2.75) is 20.0 Å². The summed E-state index contributed by atoms with van der Waals surface area (Å²) >= 11 is 0. The Morgan fingerprint density at radius 1 is 1.82 bits per heavy atom. The minimum Gasteiger partial charge on any atom is -0.460 e. The van der Waals surface area contributed by atoms with Gasteiger partial charge in [-0.15, -0.1) is 0 Å². The maximum Gasteiger partial charge on any atom is 0.293 e. The molecule has 1 N–H and O–H groups in total. The Kier molecular flexibility index (Phi) is 2.25. The Labute approximate surface area is 64.6 Å². The standard InChI is InChI=1S/C7H10N2O2/c1-5-7(3-8-9-5)6(2)11-4-10/h3-4,6H,1-2H3,(H,8,9). The maximum absolute atomic E-state index is 9.97. The quantitative estimate of drug-likeness (QED) is 0.659. The molecule has 0 bridgehead atoms. The van der Waals surface area contributed by atoms with Crippen molar-refractivity contribution in [3.8, 4) is 0 Å². The molecule has 0 aromatic carbocycles. The molecule has 0 radical (unpaired) electrons. The highest BCUT2D eigenvalue weighted by atomic mass is 16.5. The van der Waals surface area contributed by atoms with Crippen molar-refractivity contribution in [3.05, 3.63) is 17.5 Å². The SMILES string of the molecule is Cc1n[nH]cc1C(C)OC=O. The first-order valence-corrected chi connectivity index (χ1v) is 3.35. The van der Waals surface area contributed by atoms with Crippen molar-refractivity contribution >= 4 is 6.47 Å². The summed E-state index contributed by atoms with van der Waals surface area (Å²) in [5.74, 6) is 0. The fraction of sp³-hybridized carbons (Fsp3) is 0.429. The van der Waals surface area contributed by atoms with Crippen LogP contribution < -0.4 is 0 Å². The van der Waals surface area contributed by atoms with Crippen molar-refractivity contribution in [1.29, 1.82) is 0 Å². The number of carbonyl (C=O) groups is 1. The van der Waals surface area contributed by atoms with E-state index in [1.54, 1.807) is 13.1 Å². The van der Waals surface area contributed by atoms with Crippen molar-refractivity contribution in [1.82, 2.24) is 10.2 Å². The van der Waals surface area contributed by atoms with Crippen molar-refractivity contribution < 1.29 is 9.53 Å². The van der Waals surface area contributed by atoms with Gasteiger partial charge in [-0.05, 0) is 13.8 Å². The van der Waals surface area contributed by atoms with Gasteiger partial charge in [-0.2, -0.15) is 5.10 Å². The molecule has 0 saturated heterocycles. The van der Waals surface area contributed by atoms with Crippen LogP contribution in [-0.4, -0.2) is 16.7 Å². The first-order chi connectivity index (χ1) is 5.25. The average Bonchev–Trinajstić information content (AvgIpc) is 2.36. The molecule has 0 aliphatic rings. The Bertz CT molecular complexity index is 244. The van der Waals surface area contributed by atoms with Gasteiger partial charge < -0.3 is 4.74 Å². The number of nitrogens with zero attached hydrogens (tertiary/aromatic N) is 1. The summed E-state index contributed by atoms with van der Waals surface area (Å²) in [5, 5.41) is 6.59. The van der Waals surface area contributed by atoms with Crippen LogP contribution in [0, 0.1) is 6.92 Å². The predicted molar refractivity (Wildman–Crippen MR) is 38.9 cm³/mol. The Morgan fingerprint density at radius 3 is 3.00 bits per heavy atom. The number of hydrogen-bond acceptors (Lipinski definition) is 3. The number of carbonyl (C=O) groups excluding carboxylic acids is 1. The van der Waals surface area contributed by atoms with Crippen LogP contribution in [0.25, 0.3) is 0 Å². The molecule has 1 heterocycles. The maximum atomic E-state index is 9.97. The second kappa shape index (κ2) is 3.18. The Balaban J connectivity index is 2.74. The molecule has 0 fully saturated rings. The predicted octanol–water partition coefficient (Wildman–Crippen LogP) is 0.952. The largest absolute Gasteiger partial charge is 0.460 e. The molecule has 4 nitrogen and oxygen atoms in total. The van der Waals surface area contributed by atoms with E-state index in [2.05, 4.69) is 10.2 Å². The Hall–Kier alpha value is -1.32. The van der Waals surface area contributed by atoms with Crippen LogP contribution in [-0.2, 0) is 9.53 Å². The lowest BCUT2D eigenvalue weighted by molar-refractivity contribution is -0.133. The van der Waals surface area contributed by atoms with Crippen LogP contribution in [0.3, 0.4) is 0 Å². The molecule has 0 saturated carbocycles. The number of ether oxygens (including phenoxy) is 1. The van der Waals surface area contributed by atoms with E-state index in [4.69, 9.17) is 4.74 Å². The molecular formula is C7H10N2O2. The zero-order chi connectivity index (χ0) is 8.27. The molecule has 0 aliphatic heterocycles. The van der Waals surface area contributed by atoms with Gasteiger partial charge in [0, 0.05) is 11.8 Å². The number of rotatable bonds is 3. The minimum absolute atomic E-state index is 0.216. The van der Waals surface area contributed by atoms with Crippen LogP contribution in [0.4, 0.5) is 0 Å². The second-order valence-corrected chi connectivity index (χ2v) is 2.30. The normalized spacial score (nSPS) is 12.5. The van der Waals surface area contributed by atoms with E-state index >= 15 is 0 Å². The molecule has 1 aromatic rings. The lowest BCUT2D eigenvalue weighted by Crippen LogP contribution is -1.98. The molecule has 60 valence electrons. The minimum atomic E-state index is -0.216. The molecule has 0 aliphatic carbocycles. The highest BCUT2D eigenvalue weighted by Crippen LogP contribution is 2.16. The van der Waals surface area contributed by atoms with Crippen molar-refractivity contribution in [2.24, 2.45) is 0 Å². The van der Waals surface area contributed by atoms with Gasteiger partial charge in [-0.25, -0.2) is 0 Å². The summed E-state index contributed by atoms with van der Waals surface area (Å²) in [6, 6.07) is 0. The van der Waals surface area contributed by atoms with Gasteiger partial charge in [-0.1, -0.05) is 0 Å². The fourth-order valence-corrected chi connectivity index (χ4v) is 0.936. The van der Waals surface area contributed by atoms with E-state index in [1.807, 2.05) is 6.92 Å². The Morgan fingerprint density at radius 2 is 2.55 bits per heavy atom. The number of aromatic nitrogens is 2. The van der Waals surface area contributed by atoms with Crippen LogP contribution in [0.1, 0.15) is 24.3 Å². The highest BCUT2D eigenvalue weighted by molar-refractivity contribution is 5.38. The average molecular weight is 154 g/mol. The number of H-pyrrole nitrogens is 1. The zero-order valence-electron chi connectivity index (χ0n) is 6.50. The third kappa shape index (κ3) is 1.58. The molecule has 11 heavy (non-hydrogen) atoms.